The smallest absolute Gasteiger partial charge is 0.335 e. The van der Waals surface area contributed by atoms with E-state index in [0.717, 1.165) is 0 Å². The molecule has 2 aromatic carbocycles. The van der Waals surface area contributed by atoms with Crippen molar-refractivity contribution in [2.24, 2.45) is 0 Å². The van der Waals surface area contributed by atoms with Crippen LogP contribution in [0.15, 0.2) is 70.7 Å². The number of nitrogens with zero attached hydrogens (tertiary/aromatic N) is 1. The molecule has 3 aromatic rings. The van der Waals surface area contributed by atoms with E-state index in [0.29, 0.717) is 35.1 Å². The second-order valence-electron chi connectivity index (χ2n) is 6.17. The van der Waals surface area contributed by atoms with Crippen LogP contribution >= 0.6 is 0 Å². The number of carbonyl (C=O) groups is 2. The molecule has 0 aliphatic carbocycles. The minimum atomic E-state index is -1.01. The van der Waals surface area contributed by atoms with Crippen molar-refractivity contribution in [2.45, 2.75) is 6.92 Å². The minimum Gasteiger partial charge on any atom is -0.494 e. The first-order chi connectivity index (χ1) is 14.5. The molecule has 1 aromatic heterocycles. The van der Waals surface area contributed by atoms with Crippen molar-refractivity contribution in [2.75, 3.05) is 11.9 Å². The summed E-state index contributed by atoms with van der Waals surface area (Å²) in [5.74, 6) is -0.0774. The summed E-state index contributed by atoms with van der Waals surface area (Å²) in [4.78, 5) is 23.3. The van der Waals surface area contributed by atoms with Crippen LogP contribution in [0, 0.1) is 11.3 Å². The number of amides is 1. The molecule has 30 heavy (non-hydrogen) atoms. The first-order valence-corrected chi connectivity index (χ1v) is 9.09. The van der Waals surface area contributed by atoms with Gasteiger partial charge in [-0.3, -0.25) is 4.79 Å². The fourth-order valence-corrected chi connectivity index (χ4v) is 2.65. The van der Waals surface area contributed by atoms with Gasteiger partial charge < -0.3 is 19.6 Å². The van der Waals surface area contributed by atoms with E-state index in [-0.39, 0.29) is 11.1 Å². The third kappa shape index (κ3) is 4.94. The first kappa shape index (κ1) is 20.4. The number of hydrogen-bond acceptors (Lipinski definition) is 5. The van der Waals surface area contributed by atoms with E-state index < -0.39 is 11.9 Å². The SMILES string of the molecule is CCOc1ccc(NC(=O)/C(C#N)=C\c2ccc(-c3ccc(C(=O)O)cc3)o2)cc1. The van der Waals surface area contributed by atoms with Gasteiger partial charge in [-0.05, 0) is 55.5 Å². The highest BCUT2D eigenvalue weighted by Gasteiger charge is 2.12. The number of carboxylic acids is 1. The van der Waals surface area contributed by atoms with Gasteiger partial charge in [0.1, 0.15) is 28.9 Å². The van der Waals surface area contributed by atoms with Crippen LogP contribution in [0.5, 0.6) is 5.75 Å². The second kappa shape index (κ2) is 9.26. The molecule has 2 N–H and O–H groups in total. The Labute approximate surface area is 172 Å². The van der Waals surface area contributed by atoms with Gasteiger partial charge in [0.15, 0.2) is 0 Å². The Kier molecular flexibility index (Phi) is 6.30. The molecular weight excluding hydrogens is 384 g/mol. The van der Waals surface area contributed by atoms with Gasteiger partial charge in [0.05, 0.1) is 12.2 Å². The molecule has 0 saturated carbocycles. The summed E-state index contributed by atoms with van der Waals surface area (Å²) in [5.41, 5.74) is 1.26. The van der Waals surface area contributed by atoms with Gasteiger partial charge in [0.2, 0.25) is 0 Å². The number of nitrogens with one attached hydrogen (secondary N) is 1. The summed E-state index contributed by atoms with van der Waals surface area (Å²) in [6.45, 7) is 2.42. The minimum absolute atomic E-state index is 0.119. The van der Waals surface area contributed by atoms with E-state index in [9.17, 15) is 14.9 Å². The fourth-order valence-electron chi connectivity index (χ4n) is 2.65. The molecule has 0 spiro atoms. The van der Waals surface area contributed by atoms with Gasteiger partial charge in [0.25, 0.3) is 5.91 Å². The summed E-state index contributed by atoms with van der Waals surface area (Å²) in [6, 6.07) is 18.2. The van der Waals surface area contributed by atoms with Crippen molar-refractivity contribution in [3.63, 3.8) is 0 Å². The van der Waals surface area contributed by atoms with Crippen LogP contribution in [0.25, 0.3) is 17.4 Å². The van der Waals surface area contributed by atoms with Gasteiger partial charge in [-0.15, -0.1) is 0 Å². The van der Waals surface area contributed by atoms with Crippen molar-refractivity contribution in [3.05, 3.63) is 77.6 Å². The van der Waals surface area contributed by atoms with Crippen molar-refractivity contribution >= 4 is 23.6 Å². The summed E-state index contributed by atoms with van der Waals surface area (Å²) < 4.78 is 11.0. The molecule has 0 saturated heterocycles. The van der Waals surface area contributed by atoms with Crippen LogP contribution in [0.4, 0.5) is 5.69 Å². The Morgan fingerprint density at radius 2 is 1.80 bits per heavy atom. The van der Waals surface area contributed by atoms with Gasteiger partial charge >= 0.3 is 5.97 Å². The van der Waals surface area contributed by atoms with E-state index in [1.54, 1.807) is 48.5 Å². The Balaban J connectivity index is 1.73. The van der Waals surface area contributed by atoms with Crippen molar-refractivity contribution in [3.8, 4) is 23.1 Å². The lowest BCUT2D eigenvalue weighted by atomic mass is 10.1. The maximum Gasteiger partial charge on any atom is 0.335 e. The summed E-state index contributed by atoms with van der Waals surface area (Å²) in [6.07, 6.45) is 1.35. The molecule has 0 radical (unpaired) electrons. The molecule has 0 aliphatic heterocycles. The Bertz CT molecular complexity index is 1120. The number of nitriles is 1. The van der Waals surface area contributed by atoms with Crippen LogP contribution in [-0.4, -0.2) is 23.6 Å². The van der Waals surface area contributed by atoms with Crippen LogP contribution in [0.1, 0.15) is 23.0 Å². The number of benzene rings is 2. The van der Waals surface area contributed by atoms with Gasteiger partial charge in [-0.1, -0.05) is 12.1 Å². The van der Waals surface area contributed by atoms with Gasteiger partial charge in [-0.25, -0.2) is 4.79 Å². The standard InChI is InChI=1S/C23H18N2O5/c1-2-29-19-9-7-18(8-10-19)25-22(26)17(14-24)13-20-11-12-21(30-20)15-3-5-16(6-4-15)23(27)28/h3-13H,2H2,1H3,(H,25,26)(H,27,28)/b17-13-. The van der Waals surface area contributed by atoms with Gasteiger partial charge in [-0.2, -0.15) is 5.26 Å². The number of rotatable bonds is 7. The molecule has 0 atom stereocenters. The number of aromatic carboxylic acids is 1. The second-order valence-corrected chi connectivity index (χ2v) is 6.17. The number of hydrogen-bond donors (Lipinski definition) is 2. The third-order valence-corrected chi connectivity index (χ3v) is 4.12. The van der Waals surface area contributed by atoms with E-state index in [4.69, 9.17) is 14.3 Å². The zero-order valence-electron chi connectivity index (χ0n) is 16.1. The quantitative estimate of drug-likeness (QED) is 0.441. The molecular formula is C23H18N2O5. The first-order valence-electron chi connectivity index (χ1n) is 9.09. The number of anilines is 1. The van der Waals surface area contributed by atoms with Gasteiger partial charge in [0, 0.05) is 17.3 Å². The van der Waals surface area contributed by atoms with E-state index >= 15 is 0 Å². The highest BCUT2D eigenvalue weighted by atomic mass is 16.5. The number of furan rings is 1. The predicted octanol–water partition coefficient (Wildman–Crippen LogP) is 4.59. The number of ether oxygens (including phenoxy) is 1. The molecule has 0 fully saturated rings. The topological polar surface area (TPSA) is 113 Å². The lowest BCUT2D eigenvalue weighted by Crippen LogP contribution is -2.13. The van der Waals surface area contributed by atoms with E-state index in [1.807, 2.05) is 13.0 Å². The molecule has 0 unspecified atom stereocenters. The Morgan fingerprint density at radius 1 is 1.10 bits per heavy atom. The van der Waals surface area contributed by atoms with Crippen molar-refractivity contribution in [1.29, 1.82) is 5.26 Å². The molecule has 150 valence electrons. The van der Waals surface area contributed by atoms with Crippen molar-refractivity contribution < 1.29 is 23.8 Å². The highest BCUT2D eigenvalue weighted by Crippen LogP contribution is 2.24. The average Bonchev–Trinajstić information content (AvgIpc) is 3.22. The molecule has 7 heteroatoms. The summed E-state index contributed by atoms with van der Waals surface area (Å²) in [5, 5.41) is 21.0. The van der Waals surface area contributed by atoms with Crippen LogP contribution in [-0.2, 0) is 4.79 Å². The summed E-state index contributed by atoms with van der Waals surface area (Å²) >= 11 is 0. The molecule has 0 bridgehead atoms. The zero-order valence-corrected chi connectivity index (χ0v) is 16.1. The van der Waals surface area contributed by atoms with Crippen LogP contribution in [0.2, 0.25) is 0 Å². The lowest BCUT2D eigenvalue weighted by molar-refractivity contribution is -0.112. The number of carbonyl (C=O) groups excluding carboxylic acids is 1. The maximum absolute atomic E-state index is 12.4. The zero-order chi connectivity index (χ0) is 21.5. The fraction of sp³-hybridized carbons (Fsp3) is 0.0870. The highest BCUT2D eigenvalue weighted by molar-refractivity contribution is 6.09. The average molecular weight is 402 g/mol. The Hall–Kier alpha value is -4.31. The summed E-state index contributed by atoms with van der Waals surface area (Å²) in [7, 11) is 0. The molecule has 3 rings (SSSR count). The normalized spacial score (nSPS) is 10.9. The lowest BCUT2D eigenvalue weighted by Gasteiger charge is -2.06. The third-order valence-electron chi connectivity index (χ3n) is 4.12. The van der Waals surface area contributed by atoms with E-state index in [1.165, 1.54) is 18.2 Å². The molecule has 1 amide bonds. The molecule has 7 nitrogen and oxygen atoms in total. The number of carboxylic acid groups (broad SMARTS) is 1. The maximum atomic E-state index is 12.4. The largest absolute Gasteiger partial charge is 0.494 e. The predicted molar refractivity (Wildman–Crippen MR) is 111 cm³/mol. The molecule has 1 heterocycles. The van der Waals surface area contributed by atoms with Crippen LogP contribution in [0.3, 0.4) is 0 Å². The Morgan fingerprint density at radius 3 is 2.40 bits per heavy atom. The monoisotopic (exact) mass is 402 g/mol. The van der Waals surface area contributed by atoms with Crippen LogP contribution < -0.4 is 10.1 Å². The van der Waals surface area contributed by atoms with E-state index in [2.05, 4.69) is 5.32 Å². The molecule has 0 aliphatic rings. The van der Waals surface area contributed by atoms with Crippen molar-refractivity contribution in [1.82, 2.24) is 0 Å².